The van der Waals surface area contributed by atoms with Gasteiger partial charge < -0.3 is 16.2 Å². The van der Waals surface area contributed by atoms with Gasteiger partial charge in [0.2, 0.25) is 5.91 Å². The molecule has 4 nitrogen and oxygen atoms in total. The van der Waals surface area contributed by atoms with Crippen LogP contribution in [0.1, 0.15) is 31.2 Å². The van der Waals surface area contributed by atoms with Gasteiger partial charge in [0.05, 0.1) is 6.10 Å². The van der Waals surface area contributed by atoms with Gasteiger partial charge in [-0.3, -0.25) is 4.79 Å². The summed E-state index contributed by atoms with van der Waals surface area (Å²) in [4.78, 5) is 11.8. The number of nitrogens with one attached hydrogen (secondary N) is 1. The van der Waals surface area contributed by atoms with E-state index in [4.69, 9.17) is 5.73 Å². The molecule has 4 N–H and O–H groups in total. The number of carbonyl (C=O) groups excluding carboxylic acids is 1. The molecule has 1 fully saturated rings. The molecule has 0 bridgehead atoms. The number of aliphatic hydroxyl groups excluding tert-OH is 1. The molecule has 1 aliphatic rings. The first-order valence-corrected chi connectivity index (χ1v) is 6.65. The third kappa shape index (κ3) is 4.41. The molecule has 1 amide bonds. The van der Waals surface area contributed by atoms with Crippen molar-refractivity contribution < 1.29 is 9.90 Å². The maximum Gasteiger partial charge on any atom is 0.244 e. The van der Waals surface area contributed by atoms with Crippen LogP contribution in [0.15, 0.2) is 30.3 Å². The van der Waals surface area contributed by atoms with Crippen LogP contribution in [0, 0.1) is 0 Å². The van der Waals surface area contributed by atoms with Crippen LogP contribution >= 0.6 is 0 Å². The smallest absolute Gasteiger partial charge is 0.244 e. The maximum atomic E-state index is 11.8. The van der Waals surface area contributed by atoms with E-state index in [9.17, 15) is 9.90 Å². The Morgan fingerprint density at radius 1 is 1.32 bits per heavy atom. The van der Waals surface area contributed by atoms with Crippen LogP contribution in [-0.4, -0.2) is 23.2 Å². The van der Waals surface area contributed by atoms with Gasteiger partial charge in [0.1, 0.15) is 0 Å². The Labute approximate surface area is 113 Å². The molecule has 1 saturated carbocycles. The highest BCUT2D eigenvalue weighted by Gasteiger charge is 2.20. The Hall–Kier alpha value is -1.81. The number of aliphatic hydroxyl groups is 1. The van der Waals surface area contributed by atoms with E-state index in [1.165, 1.54) is 6.08 Å². The Morgan fingerprint density at radius 3 is 2.74 bits per heavy atom. The van der Waals surface area contributed by atoms with Gasteiger partial charge in [0.25, 0.3) is 0 Å². The SMILES string of the molecule is Nc1ccc(/C=C/C(=O)NC2CCCC(O)C2)cc1. The lowest BCUT2D eigenvalue weighted by molar-refractivity contribution is -0.117. The van der Waals surface area contributed by atoms with Crippen molar-refractivity contribution in [2.45, 2.75) is 37.8 Å². The second-order valence-corrected chi connectivity index (χ2v) is 5.03. The second kappa shape index (κ2) is 6.38. The number of anilines is 1. The average Bonchev–Trinajstić information content (AvgIpc) is 2.38. The van der Waals surface area contributed by atoms with Crippen LogP contribution in [0.2, 0.25) is 0 Å². The molecule has 0 saturated heterocycles. The summed E-state index contributed by atoms with van der Waals surface area (Å²) in [5, 5.41) is 12.5. The monoisotopic (exact) mass is 260 g/mol. The molecule has 1 aromatic rings. The molecule has 2 unspecified atom stereocenters. The van der Waals surface area contributed by atoms with E-state index in [0.29, 0.717) is 12.1 Å². The number of nitrogen functional groups attached to an aromatic ring is 1. The summed E-state index contributed by atoms with van der Waals surface area (Å²) in [6.45, 7) is 0. The minimum atomic E-state index is -0.278. The van der Waals surface area contributed by atoms with Crippen molar-refractivity contribution in [2.75, 3.05) is 5.73 Å². The zero-order valence-corrected chi connectivity index (χ0v) is 10.9. The molecule has 0 heterocycles. The van der Waals surface area contributed by atoms with Crippen molar-refractivity contribution in [3.63, 3.8) is 0 Å². The predicted octanol–water partition coefficient (Wildman–Crippen LogP) is 1.70. The van der Waals surface area contributed by atoms with E-state index >= 15 is 0 Å². The van der Waals surface area contributed by atoms with Gasteiger partial charge in [0, 0.05) is 17.8 Å². The van der Waals surface area contributed by atoms with Gasteiger partial charge in [-0.05, 0) is 49.5 Å². The van der Waals surface area contributed by atoms with Crippen LogP contribution in [0.4, 0.5) is 5.69 Å². The lowest BCUT2D eigenvalue weighted by Gasteiger charge is -2.26. The Bertz CT molecular complexity index is 454. The minimum Gasteiger partial charge on any atom is -0.399 e. The zero-order chi connectivity index (χ0) is 13.7. The third-order valence-corrected chi connectivity index (χ3v) is 3.36. The Morgan fingerprint density at radius 2 is 2.05 bits per heavy atom. The molecule has 0 radical (unpaired) electrons. The number of hydrogen-bond donors (Lipinski definition) is 3. The van der Waals surface area contributed by atoms with Crippen molar-refractivity contribution in [1.29, 1.82) is 0 Å². The molecule has 1 aromatic carbocycles. The van der Waals surface area contributed by atoms with Crippen LogP contribution in [0.5, 0.6) is 0 Å². The van der Waals surface area contributed by atoms with Gasteiger partial charge in [0.15, 0.2) is 0 Å². The molecular formula is C15H20N2O2. The Balaban J connectivity index is 1.85. The van der Waals surface area contributed by atoms with E-state index < -0.39 is 0 Å². The van der Waals surface area contributed by atoms with E-state index in [0.717, 1.165) is 24.8 Å². The molecular weight excluding hydrogens is 240 g/mol. The molecule has 0 aliphatic heterocycles. The molecule has 102 valence electrons. The molecule has 19 heavy (non-hydrogen) atoms. The topological polar surface area (TPSA) is 75.4 Å². The number of rotatable bonds is 3. The van der Waals surface area contributed by atoms with Crippen molar-refractivity contribution >= 4 is 17.7 Å². The standard InChI is InChI=1S/C15H20N2O2/c16-12-7-4-11(5-8-12)6-9-15(19)17-13-2-1-3-14(18)10-13/h4-9,13-14,18H,1-3,10,16H2,(H,17,19)/b9-6+. The quantitative estimate of drug-likeness (QED) is 0.572. The predicted molar refractivity (Wildman–Crippen MR) is 76.3 cm³/mol. The van der Waals surface area contributed by atoms with E-state index in [1.54, 1.807) is 18.2 Å². The van der Waals surface area contributed by atoms with E-state index in [2.05, 4.69) is 5.32 Å². The lowest BCUT2D eigenvalue weighted by atomic mass is 9.93. The minimum absolute atomic E-state index is 0.0901. The van der Waals surface area contributed by atoms with Crippen molar-refractivity contribution in [3.8, 4) is 0 Å². The Kier molecular flexibility index (Phi) is 4.58. The fourth-order valence-corrected chi connectivity index (χ4v) is 2.32. The summed E-state index contributed by atoms with van der Waals surface area (Å²) >= 11 is 0. The van der Waals surface area contributed by atoms with Crippen molar-refractivity contribution in [1.82, 2.24) is 5.32 Å². The molecule has 2 rings (SSSR count). The van der Waals surface area contributed by atoms with Gasteiger partial charge in [-0.25, -0.2) is 0 Å². The highest BCUT2D eigenvalue weighted by Crippen LogP contribution is 2.18. The van der Waals surface area contributed by atoms with Crippen molar-refractivity contribution in [2.24, 2.45) is 0 Å². The third-order valence-electron chi connectivity index (χ3n) is 3.36. The van der Waals surface area contributed by atoms with Gasteiger partial charge in [-0.15, -0.1) is 0 Å². The summed E-state index contributed by atoms with van der Waals surface area (Å²) in [7, 11) is 0. The molecule has 0 spiro atoms. The summed E-state index contributed by atoms with van der Waals surface area (Å²) in [6, 6.07) is 7.42. The number of hydrogen-bond acceptors (Lipinski definition) is 3. The average molecular weight is 260 g/mol. The van der Waals surface area contributed by atoms with Crippen molar-refractivity contribution in [3.05, 3.63) is 35.9 Å². The fourth-order valence-electron chi connectivity index (χ4n) is 2.32. The number of benzene rings is 1. The largest absolute Gasteiger partial charge is 0.399 e. The maximum absolute atomic E-state index is 11.8. The fraction of sp³-hybridized carbons (Fsp3) is 0.400. The van der Waals surface area contributed by atoms with Gasteiger partial charge in [-0.2, -0.15) is 0 Å². The van der Waals surface area contributed by atoms with E-state index in [-0.39, 0.29) is 18.1 Å². The summed E-state index contributed by atoms with van der Waals surface area (Å²) in [5.41, 5.74) is 7.24. The molecule has 4 heteroatoms. The summed E-state index contributed by atoms with van der Waals surface area (Å²) in [6.07, 6.45) is 6.40. The lowest BCUT2D eigenvalue weighted by Crippen LogP contribution is -2.38. The number of carbonyl (C=O) groups is 1. The normalized spacial score (nSPS) is 23.4. The highest BCUT2D eigenvalue weighted by atomic mass is 16.3. The van der Waals surface area contributed by atoms with Gasteiger partial charge >= 0.3 is 0 Å². The first-order chi connectivity index (χ1) is 9.13. The highest BCUT2D eigenvalue weighted by molar-refractivity contribution is 5.91. The number of amides is 1. The second-order valence-electron chi connectivity index (χ2n) is 5.03. The molecule has 0 aromatic heterocycles. The van der Waals surface area contributed by atoms with E-state index in [1.807, 2.05) is 12.1 Å². The first-order valence-electron chi connectivity index (χ1n) is 6.65. The first kappa shape index (κ1) is 13.6. The number of nitrogens with two attached hydrogens (primary N) is 1. The summed E-state index contributed by atoms with van der Waals surface area (Å²) in [5.74, 6) is -0.115. The summed E-state index contributed by atoms with van der Waals surface area (Å²) < 4.78 is 0. The molecule has 2 atom stereocenters. The zero-order valence-electron chi connectivity index (χ0n) is 10.9. The van der Waals surface area contributed by atoms with Crippen LogP contribution < -0.4 is 11.1 Å². The van der Waals surface area contributed by atoms with Crippen LogP contribution in [-0.2, 0) is 4.79 Å². The van der Waals surface area contributed by atoms with Crippen LogP contribution in [0.25, 0.3) is 6.08 Å². The van der Waals surface area contributed by atoms with Crippen LogP contribution in [0.3, 0.4) is 0 Å². The molecule has 1 aliphatic carbocycles. The van der Waals surface area contributed by atoms with Gasteiger partial charge in [-0.1, -0.05) is 12.1 Å².